The first-order chi connectivity index (χ1) is 13.1. The van der Waals surface area contributed by atoms with Crippen LogP contribution in [0.25, 0.3) is 0 Å². The van der Waals surface area contributed by atoms with Crippen LogP contribution in [-0.2, 0) is 0 Å². The Balaban J connectivity index is 0.00000136. The predicted molar refractivity (Wildman–Crippen MR) is 108 cm³/mol. The second kappa shape index (κ2) is 8.73. The molecule has 4 N–H and O–H groups in total. The number of carbonyl (C=O) groups is 1. The fourth-order valence-electron chi connectivity index (χ4n) is 2.79. The van der Waals surface area contributed by atoms with Crippen molar-refractivity contribution < 1.29 is 18.0 Å². The van der Waals surface area contributed by atoms with Crippen molar-refractivity contribution >= 4 is 34.6 Å². The van der Waals surface area contributed by atoms with Gasteiger partial charge in [-0.05, 0) is 42.8 Å². The van der Waals surface area contributed by atoms with E-state index in [0.29, 0.717) is 17.1 Å². The maximum atomic E-state index is 13.2. The Kier molecular flexibility index (Phi) is 6.82. The highest BCUT2D eigenvalue weighted by atomic mass is 35.5. The number of carbonyl (C=O) groups excluding carboxylic acids is 1. The minimum Gasteiger partial charge on any atom is -0.398 e. The van der Waals surface area contributed by atoms with Gasteiger partial charge in [-0.3, -0.25) is 4.79 Å². The van der Waals surface area contributed by atoms with E-state index in [4.69, 9.17) is 17.3 Å². The summed E-state index contributed by atoms with van der Waals surface area (Å²) in [5.74, 6) is -3.78. The fraction of sp³-hybridized carbons (Fsp3) is 0.350. The molecule has 0 spiro atoms. The Labute approximate surface area is 167 Å². The van der Waals surface area contributed by atoms with Crippen LogP contribution in [0.5, 0.6) is 0 Å². The Hall–Kier alpha value is -2.41. The maximum Gasteiger partial charge on any atom is 0.257 e. The molecule has 0 saturated heterocycles. The summed E-state index contributed by atoms with van der Waals surface area (Å²) in [7, 11) is 0. The Morgan fingerprint density at radius 2 is 1.86 bits per heavy atom. The predicted octanol–water partition coefficient (Wildman–Crippen LogP) is 5.86. The molecular weight excluding hydrogens is 391 g/mol. The van der Waals surface area contributed by atoms with Gasteiger partial charge in [0.15, 0.2) is 0 Å². The van der Waals surface area contributed by atoms with Gasteiger partial charge in [-0.25, -0.2) is 13.2 Å². The first kappa shape index (κ1) is 21.9. The summed E-state index contributed by atoms with van der Waals surface area (Å²) in [6, 6.07) is 6.51. The minimum absolute atomic E-state index is 0.124. The molecule has 0 heterocycles. The van der Waals surface area contributed by atoms with E-state index in [1.54, 1.807) is 13.0 Å². The van der Waals surface area contributed by atoms with Crippen molar-refractivity contribution in [3.05, 3.63) is 52.3 Å². The molecule has 0 unspecified atom stereocenters. The van der Waals surface area contributed by atoms with Gasteiger partial charge in [-0.1, -0.05) is 25.4 Å². The summed E-state index contributed by atoms with van der Waals surface area (Å²) >= 11 is 5.71. The Bertz CT molecular complexity index is 866. The van der Waals surface area contributed by atoms with E-state index in [0.717, 1.165) is 11.6 Å². The first-order valence-corrected chi connectivity index (χ1v) is 9.33. The van der Waals surface area contributed by atoms with Gasteiger partial charge in [0.05, 0.1) is 10.6 Å². The molecule has 1 saturated carbocycles. The van der Waals surface area contributed by atoms with Crippen LogP contribution in [0.1, 0.15) is 42.6 Å². The largest absolute Gasteiger partial charge is 0.398 e. The number of nitrogen functional groups attached to an aromatic ring is 1. The summed E-state index contributed by atoms with van der Waals surface area (Å²) < 4.78 is 39.4. The number of rotatable bonds is 4. The number of nitrogens with one attached hydrogen (secondary N) is 2. The molecule has 0 aliphatic heterocycles. The zero-order valence-corrected chi connectivity index (χ0v) is 16.6. The summed E-state index contributed by atoms with van der Waals surface area (Å²) in [6.07, 6.45) is -0.573. The molecular formula is C20H23ClF3N3O. The van der Waals surface area contributed by atoms with Gasteiger partial charge in [0.2, 0.25) is 0 Å². The monoisotopic (exact) mass is 413 g/mol. The zero-order chi connectivity index (χ0) is 21.1. The Morgan fingerprint density at radius 3 is 2.43 bits per heavy atom. The van der Waals surface area contributed by atoms with Crippen LogP contribution in [0.3, 0.4) is 0 Å². The number of nitrogens with two attached hydrogens (primary N) is 1. The van der Waals surface area contributed by atoms with E-state index < -0.39 is 23.7 Å². The van der Waals surface area contributed by atoms with E-state index >= 15 is 0 Å². The average molecular weight is 414 g/mol. The minimum atomic E-state index is -2.67. The van der Waals surface area contributed by atoms with Crippen LogP contribution >= 0.6 is 11.6 Å². The second-order valence-electron chi connectivity index (χ2n) is 6.44. The molecule has 3 rings (SSSR count). The van der Waals surface area contributed by atoms with Crippen LogP contribution in [0.4, 0.5) is 30.2 Å². The van der Waals surface area contributed by atoms with Crippen molar-refractivity contribution in [1.29, 1.82) is 0 Å². The van der Waals surface area contributed by atoms with E-state index in [9.17, 15) is 18.0 Å². The highest BCUT2D eigenvalue weighted by Gasteiger charge is 2.45. The number of amides is 1. The molecule has 1 amide bonds. The molecule has 0 radical (unpaired) electrons. The van der Waals surface area contributed by atoms with Gasteiger partial charge < -0.3 is 16.4 Å². The van der Waals surface area contributed by atoms with Gasteiger partial charge in [0.25, 0.3) is 11.8 Å². The number of halogens is 4. The van der Waals surface area contributed by atoms with Gasteiger partial charge in [-0.2, -0.15) is 0 Å². The standard InChI is InChI=1S/C18H17ClF3N3O.C2H6/c1-9-4-16(24-11-7-18(21,22)8-11)12(6-15(9)23)17(26)25-10-2-3-14(20)13(19)5-10;1-2/h2-6,11,24H,7-8,23H2,1H3,(H,25,26);1-2H3. The van der Waals surface area contributed by atoms with Crippen LogP contribution in [0.2, 0.25) is 5.02 Å². The second-order valence-corrected chi connectivity index (χ2v) is 6.85. The highest BCUT2D eigenvalue weighted by Crippen LogP contribution is 2.40. The van der Waals surface area contributed by atoms with Crippen molar-refractivity contribution in [3.63, 3.8) is 0 Å². The zero-order valence-electron chi connectivity index (χ0n) is 15.9. The molecule has 1 aliphatic rings. The quantitative estimate of drug-likeness (QED) is 0.550. The van der Waals surface area contributed by atoms with Crippen LogP contribution in [0, 0.1) is 12.7 Å². The van der Waals surface area contributed by atoms with Crippen LogP contribution in [-0.4, -0.2) is 17.9 Å². The molecule has 4 nitrogen and oxygen atoms in total. The molecule has 2 aromatic carbocycles. The molecule has 8 heteroatoms. The SMILES string of the molecule is CC.Cc1cc(NC2CC(F)(F)C2)c(C(=O)Nc2ccc(F)c(Cl)c2)cc1N. The van der Waals surface area contributed by atoms with E-state index in [2.05, 4.69) is 10.6 Å². The lowest BCUT2D eigenvalue weighted by atomic mass is 9.87. The maximum absolute atomic E-state index is 13.2. The van der Waals surface area contributed by atoms with Crippen molar-refractivity contribution in [2.75, 3.05) is 16.4 Å². The number of hydrogen-bond donors (Lipinski definition) is 3. The molecule has 28 heavy (non-hydrogen) atoms. The molecule has 1 aliphatic carbocycles. The molecule has 0 atom stereocenters. The number of alkyl halides is 2. The fourth-order valence-corrected chi connectivity index (χ4v) is 2.97. The van der Waals surface area contributed by atoms with Crippen molar-refractivity contribution in [2.24, 2.45) is 0 Å². The highest BCUT2D eigenvalue weighted by molar-refractivity contribution is 6.31. The van der Waals surface area contributed by atoms with E-state index in [1.165, 1.54) is 18.2 Å². The number of anilines is 3. The van der Waals surface area contributed by atoms with E-state index in [1.807, 2.05) is 13.8 Å². The molecule has 0 aromatic heterocycles. The number of hydrogen-bond acceptors (Lipinski definition) is 3. The summed E-state index contributed by atoms with van der Waals surface area (Å²) in [6.45, 7) is 5.76. The van der Waals surface area contributed by atoms with Crippen LogP contribution in [0.15, 0.2) is 30.3 Å². The molecule has 152 valence electrons. The van der Waals surface area contributed by atoms with Crippen LogP contribution < -0.4 is 16.4 Å². The van der Waals surface area contributed by atoms with Gasteiger partial charge in [0, 0.05) is 35.9 Å². The smallest absolute Gasteiger partial charge is 0.257 e. The van der Waals surface area contributed by atoms with Crippen molar-refractivity contribution in [3.8, 4) is 0 Å². The third-order valence-corrected chi connectivity index (χ3v) is 4.57. The lowest BCUT2D eigenvalue weighted by molar-refractivity contribution is -0.0793. The lowest BCUT2D eigenvalue weighted by Crippen LogP contribution is -2.44. The molecule has 0 bridgehead atoms. The molecule has 1 fully saturated rings. The number of benzene rings is 2. The third-order valence-electron chi connectivity index (χ3n) is 4.28. The first-order valence-electron chi connectivity index (χ1n) is 8.95. The normalized spacial score (nSPS) is 15.1. The Morgan fingerprint density at radius 1 is 1.21 bits per heavy atom. The van der Waals surface area contributed by atoms with Gasteiger partial charge in [-0.15, -0.1) is 0 Å². The summed E-state index contributed by atoms with van der Waals surface area (Å²) in [4.78, 5) is 12.6. The summed E-state index contributed by atoms with van der Waals surface area (Å²) in [5, 5.41) is 5.46. The van der Waals surface area contributed by atoms with E-state index in [-0.39, 0.29) is 23.4 Å². The summed E-state index contributed by atoms with van der Waals surface area (Å²) in [5.41, 5.74) is 7.95. The lowest BCUT2D eigenvalue weighted by Gasteiger charge is -2.36. The van der Waals surface area contributed by atoms with Crippen molar-refractivity contribution in [1.82, 2.24) is 0 Å². The number of aryl methyl sites for hydroxylation is 1. The average Bonchev–Trinajstić information content (AvgIpc) is 2.61. The van der Waals surface area contributed by atoms with Gasteiger partial charge >= 0.3 is 0 Å². The topological polar surface area (TPSA) is 67.2 Å². The third kappa shape index (κ3) is 5.10. The van der Waals surface area contributed by atoms with Gasteiger partial charge in [0.1, 0.15) is 5.82 Å². The van der Waals surface area contributed by atoms with Crippen molar-refractivity contribution in [2.45, 2.75) is 45.6 Å². The molecule has 2 aromatic rings.